The fourth-order valence-electron chi connectivity index (χ4n) is 3.74. The number of aryl methyl sites for hydroxylation is 1. The lowest BCUT2D eigenvalue weighted by molar-refractivity contribution is 0.312. The molecule has 1 aliphatic heterocycles. The monoisotopic (exact) mass is 260 g/mol. The van der Waals surface area contributed by atoms with Gasteiger partial charge < -0.3 is 5.32 Å². The number of likely N-dealkylation sites (tertiary alicyclic amines) is 1. The summed E-state index contributed by atoms with van der Waals surface area (Å²) in [6, 6.07) is 7.24. The molecule has 4 rings (SSSR count). The van der Waals surface area contributed by atoms with Gasteiger partial charge in [0, 0.05) is 31.2 Å². The average Bonchev–Trinajstić information content (AvgIpc) is 3.03. The van der Waals surface area contributed by atoms with Gasteiger partial charge in [-0.15, -0.1) is 0 Å². The molecule has 1 saturated carbocycles. The lowest BCUT2D eigenvalue weighted by atomic mass is 10.1. The molecule has 1 saturated heterocycles. The highest BCUT2D eigenvalue weighted by Gasteiger charge is 2.35. The van der Waals surface area contributed by atoms with Crippen molar-refractivity contribution in [3.05, 3.63) is 35.1 Å². The van der Waals surface area contributed by atoms with Crippen LogP contribution in [0.5, 0.6) is 0 Å². The van der Waals surface area contributed by atoms with Gasteiger partial charge in [0.15, 0.2) is 0 Å². The van der Waals surface area contributed by atoms with Crippen LogP contribution in [0.4, 0.5) is 4.39 Å². The Morgan fingerprint density at radius 3 is 2.89 bits per heavy atom. The highest BCUT2D eigenvalue weighted by Crippen LogP contribution is 2.34. The third-order valence-corrected chi connectivity index (χ3v) is 4.90. The second-order valence-electron chi connectivity index (χ2n) is 6.31. The highest BCUT2D eigenvalue weighted by molar-refractivity contribution is 5.35. The van der Waals surface area contributed by atoms with E-state index in [1.54, 1.807) is 12.1 Å². The van der Waals surface area contributed by atoms with Crippen molar-refractivity contribution in [2.75, 3.05) is 13.1 Å². The maximum absolute atomic E-state index is 13.2. The molecule has 102 valence electrons. The Bertz CT molecular complexity index is 484. The van der Waals surface area contributed by atoms with E-state index in [0.717, 1.165) is 18.9 Å². The molecular formula is C16H21FN2. The number of fused-ring (bicyclic) bond motifs is 1. The van der Waals surface area contributed by atoms with E-state index >= 15 is 0 Å². The van der Waals surface area contributed by atoms with Gasteiger partial charge in [-0.3, -0.25) is 4.90 Å². The maximum atomic E-state index is 13.2. The summed E-state index contributed by atoms with van der Waals surface area (Å²) in [6.45, 7) is 2.46. The average molecular weight is 260 g/mol. The van der Waals surface area contributed by atoms with E-state index in [4.69, 9.17) is 0 Å². The molecule has 0 aromatic heterocycles. The molecule has 0 radical (unpaired) electrons. The van der Waals surface area contributed by atoms with Crippen molar-refractivity contribution in [1.82, 2.24) is 10.2 Å². The highest BCUT2D eigenvalue weighted by atomic mass is 19.1. The second-order valence-corrected chi connectivity index (χ2v) is 6.31. The Morgan fingerprint density at radius 1 is 1.16 bits per heavy atom. The predicted molar refractivity (Wildman–Crippen MR) is 73.6 cm³/mol. The molecular weight excluding hydrogens is 239 g/mol. The first-order valence-corrected chi connectivity index (χ1v) is 7.58. The van der Waals surface area contributed by atoms with Crippen molar-refractivity contribution < 1.29 is 4.39 Å². The summed E-state index contributed by atoms with van der Waals surface area (Å²) >= 11 is 0. The first-order valence-electron chi connectivity index (χ1n) is 7.58. The lowest BCUT2D eigenvalue weighted by Crippen LogP contribution is -2.35. The number of nitrogens with zero attached hydrogens (tertiary/aromatic N) is 1. The summed E-state index contributed by atoms with van der Waals surface area (Å²) in [5.41, 5.74) is 2.53. The molecule has 2 unspecified atom stereocenters. The van der Waals surface area contributed by atoms with E-state index in [1.807, 2.05) is 6.07 Å². The van der Waals surface area contributed by atoms with Crippen LogP contribution in [0.15, 0.2) is 18.2 Å². The molecule has 2 aliphatic carbocycles. The van der Waals surface area contributed by atoms with E-state index < -0.39 is 0 Å². The Labute approximate surface area is 114 Å². The van der Waals surface area contributed by atoms with Crippen LogP contribution in [0.1, 0.15) is 42.9 Å². The van der Waals surface area contributed by atoms with Crippen LogP contribution in [0, 0.1) is 5.82 Å². The van der Waals surface area contributed by atoms with Gasteiger partial charge in [0.25, 0.3) is 0 Å². The van der Waals surface area contributed by atoms with Crippen LogP contribution in [-0.2, 0) is 6.42 Å². The fraction of sp³-hybridized carbons (Fsp3) is 0.625. The molecule has 1 aromatic rings. The minimum Gasteiger partial charge on any atom is -0.306 e. The molecule has 3 aliphatic rings. The number of benzene rings is 1. The quantitative estimate of drug-likeness (QED) is 0.899. The van der Waals surface area contributed by atoms with Gasteiger partial charge in [-0.25, -0.2) is 4.39 Å². The van der Waals surface area contributed by atoms with E-state index in [-0.39, 0.29) is 5.82 Å². The standard InChI is InChI=1S/C16H21FN2/c17-12-2-5-15-11(9-12)1-6-16(15)18-13-7-8-19(10-13)14-3-4-14/h2,5,9,13-14,16,18H,1,3-4,6-8,10H2. The van der Waals surface area contributed by atoms with Crippen LogP contribution in [0.25, 0.3) is 0 Å². The number of hydrogen-bond acceptors (Lipinski definition) is 2. The summed E-state index contributed by atoms with van der Waals surface area (Å²) < 4.78 is 13.2. The predicted octanol–water partition coefficient (Wildman–Crippen LogP) is 2.64. The molecule has 2 atom stereocenters. The maximum Gasteiger partial charge on any atom is 0.123 e. The fourth-order valence-corrected chi connectivity index (χ4v) is 3.74. The minimum atomic E-state index is -0.0971. The number of nitrogens with one attached hydrogen (secondary N) is 1. The van der Waals surface area contributed by atoms with Crippen LogP contribution < -0.4 is 5.32 Å². The smallest absolute Gasteiger partial charge is 0.123 e. The lowest BCUT2D eigenvalue weighted by Gasteiger charge is -2.20. The van der Waals surface area contributed by atoms with Crippen molar-refractivity contribution in [3.8, 4) is 0 Å². The van der Waals surface area contributed by atoms with E-state index in [9.17, 15) is 4.39 Å². The van der Waals surface area contributed by atoms with E-state index in [2.05, 4.69) is 10.2 Å². The van der Waals surface area contributed by atoms with Crippen molar-refractivity contribution in [3.63, 3.8) is 0 Å². The molecule has 2 fully saturated rings. The minimum absolute atomic E-state index is 0.0971. The molecule has 1 N–H and O–H groups in total. The van der Waals surface area contributed by atoms with Crippen molar-refractivity contribution in [2.45, 2.75) is 50.2 Å². The van der Waals surface area contributed by atoms with E-state index in [0.29, 0.717) is 12.1 Å². The molecule has 2 nitrogen and oxygen atoms in total. The summed E-state index contributed by atoms with van der Waals surface area (Å²) in [7, 11) is 0. The Balaban J connectivity index is 1.42. The summed E-state index contributed by atoms with van der Waals surface area (Å²) in [6.07, 6.45) is 6.21. The second kappa shape index (κ2) is 4.57. The summed E-state index contributed by atoms with van der Waals surface area (Å²) in [5.74, 6) is -0.0971. The molecule has 1 heterocycles. The third-order valence-electron chi connectivity index (χ3n) is 4.90. The SMILES string of the molecule is Fc1ccc2c(c1)CCC2NC1CCN(C2CC2)C1. The van der Waals surface area contributed by atoms with Gasteiger partial charge in [0.05, 0.1) is 0 Å². The zero-order chi connectivity index (χ0) is 12.8. The number of halogens is 1. The first-order chi connectivity index (χ1) is 9.29. The summed E-state index contributed by atoms with van der Waals surface area (Å²) in [5, 5.41) is 3.80. The molecule has 0 amide bonds. The van der Waals surface area contributed by atoms with Crippen LogP contribution >= 0.6 is 0 Å². The molecule has 0 spiro atoms. The molecule has 3 heteroatoms. The Morgan fingerprint density at radius 2 is 2.05 bits per heavy atom. The normalized spacial score (nSPS) is 30.8. The molecule has 19 heavy (non-hydrogen) atoms. The van der Waals surface area contributed by atoms with E-state index in [1.165, 1.54) is 43.5 Å². The van der Waals surface area contributed by atoms with Crippen LogP contribution in [0.2, 0.25) is 0 Å². The molecule has 0 bridgehead atoms. The van der Waals surface area contributed by atoms with Gasteiger partial charge in [-0.05, 0) is 55.4 Å². The van der Waals surface area contributed by atoms with Gasteiger partial charge >= 0.3 is 0 Å². The molecule has 1 aromatic carbocycles. The Hall–Kier alpha value is -0.930. The third kappa shape index (κ3) is 2.30. The van der Waals surface area contributed by atoms with Crippen molar-refractivity contribution in [1.29, 1.82) is 0 Å². The van der Waals surface area contributed by atoms with Gasteiger partial charge in [-0.1, -0.05) is 6.07 Å². The zero-order valence-electron chi connectivity index (χ0n) is 11.2. The van der Waals surface area contributed by atoms with Crippen LogP contribution in [-0.4, -0.2) is 30.1 Å². The number of hydrogen-bond donors (Lipinski definition) is 1. The number of rotatable bonds is 3. The van der Waals surface area contributed by atoms with Crippen molar-refractivity contribution in [2.24, 2.45) is 0 Å². The summed E-state index contributed by atoms with van der Waals surface area (Å²) in [4.78, 5) is 2.64. The van der Waals surface area contributed by atoms with Gasteiger partial charge in [0.1, 0.15) is 5.82 Å². The largest absolute Gasteiger partial charge is 0.306 e. The van der Waals surface area contributed by atoms with Crippen molar-refractivity contribution >= 4 is 0 Å². The Kier molecular flexibility index (Phi) is 2.85. The van der Waals surface area contributed by atoms with Crippen LogP contribution in [0.3, 0.4) is 0 Å². The first kappa shape index (κ1) is 11.9. The topological polar surface area (TPSA) is 15.3 Å². The zero-order valence-corrected chi connectivity index (χ0v) is 11.2. The van der Waals surface area contributed by atoms with Gasteiger partial charge in [-0.2, -0.15) is 0 Å². The van der Waals surface area contributed by atoms with Gasteiger partial charge in [0.2, 0.25) is 0 Å².